The second kappa shape index (κ2) is 9.42. The van der Waals surface area contributed by atoms with Crippen LogP contribution in [0.1, 0.15) is 28.8 Å². The number of hydrogen-bond acceptors (Lipinski definition) is 4. The SMILES string of the molecule is Cc1cc(C)cc(Cc2cc(=O)[nH]c(SCCCOc3ccccc3)n2)c1. The Bertz CT molecular complexity index is 918. The van der Waals surface area contributed by atoms with Gasteiger partial charge in [0.2, 0.25) is 0 Å². The van der Waals surface area contributed by atoms with Gasteiger partial charge in [0.25, 0.3) is 5.56 Å². The Labute approximate surface area is 164 Å². The lowest BCUT2D eigenvalue weighted by atomic mass is 10.0. The largest absolute Gasteiger partial charge is 0.494 e. The van der Waals surface area contributed by atoms with Gasteiger partial charge in [0.1, 0.15) is 5.75 Å². The summed E-state index contributed by atoms with van der Waals surface area (Å²) in [4.78, 5) is 19.4. The monoisotopic (exact) mass is 380 g/mol. The van der Waals surface area contributed by atoms with Crippen LogP contribution in [-0.2, 0) is 6.42 Å². The van der Waals surface area contributed by atoms with Gasteiger partial charge in [-0.05, 0) is 38.0 Å². The molecule has 3 rings (SSSR count). The molecule has 0 unspecified atom stereocenters. The summed E-state index contributed by atoms with van der Waals surface area (Å²) in [5, 5.41) is 0.668. The summed E-state index contributed by atoms with van der Waals surface area (Å²) >= 11 is 1.55. The molecular formula is C22H24N2O2S. The molecule has 27 heavy (non-hydrogen) atoms. The van der Waals surface area contributed by atoms with Crippen LogP contribution >= 0.6 is 11.8 Å². The van der Waals surface area contributed by atoms with Crippen LogP contribution in [0.25, 0.3) is 0 Å². The van der Waals surface area contributed by atoms with Gasteiger partial charge in [-0.1, -0.05) is 59.3 Å². The molecule has 0 fully saturated rings. The average molecular weight is 381 g/mol. The molecule has 0 bridgehead atoms. The number of ether oxygens (including phenoxy) is 1. The van der Waals surface area contributed by atoms with Gasteiger partial charge in [-0.25, -0.2) is 4.98 Å². The maximum Gasteiger partial charge on any atom is 0.251 e. The van der Waals surface area contributed by atoms with Gasteiger partial charge in [0.15, 0.2) is 5.16 Å². The molecule has 3 aromatic rings. The lowest BCUT2D eigenvalue weighted by molar-refractivity contribution is 0.318. The molecule has 0 radical (unpaired) electrons. The van der Waals surface area contributed by atoms with Crippen LogP contribution in [0, 0.1) is 13.8 Å². The third-order valence-corrected chi connectivity index (χ3v) is 4.94. The highest BCUT2D eigenvalue weighted by Gasteiger charge is 2.05. The highest BCUT2D eigenvalue weighted by Crippen LogP contribution is 2.16. The van der Waals surface area contributed by atoms with Crippen LogP contribution in [0.2, 0.25) is 0 Å². The Kier molecular flexibility index (Phi) is 6.71. The molecular weight excluding hydrogens is 356 g/mol. The number of thioether (sulfide) groups is 1. The van der Waals surface area contributed by atoms with Gasteiger partial charge in [0, 0.05) is 18.2 Å². The number of aromatic amines is 1. The van der Waals surface area contributed by atoms with E-state index in [-0.39, 0.29) is 5.56 Å². The zero-order valence-corrected chi connectivity index (χ0v) is 16.5. The molecule has 0 saturated carbocycles. The Hall–Kier alpha value is -2.53. The summed E-state index contributed by atoms with van der Waals surface area (Å²) in [6, 6.07) is 17.8. The van der Waals surface area contributed by atoms with Crippen molar-refractivity contribution in [1.29, 1.82) is 0 Å². The first-order chi connectivity index (χ1) is 13.1. The summed E-state index contributed by atoms with van der Waals surface area (Å²) in [5.41, 5.74) is 4.32. The van der Waals surface area contributed by atoms with Crippen molar-refractivity contribution in [3.63, 3.8) is 0 Å². The van der Waals surface area contributed by atoms with Crippen molar-refractivity contribution in [2.24, 2.45) is 0 Å². The van der Waals surface area contributed by atoms with Crippen molar-refractivity contribution in [2.45, 2.75) is 31.8 Å². The average Bonchev–Trinajstić information content (AvgIpc) is 2.61. The van der Waals surface area contributed by atoms with E-state index in [0.29, 0.717) is 18.2 Å². The Balaban J connectivity index is 1.54. The first-order valence-corrected chi connectivity index (χ1v) is 10.0. The minimum atomic E-state index is -0.104. The number of aromatic nitrogens is 2. The van der Waals surface area contributed by atoms with Crippen LogP contribution in [-0.4, -0.2) is 22.3 Å². The van der Waals surface area contributed by atoms with E-state index in [1.807, 2.05) is 30.3 Å². The van der Waals surface area contributed by atoms with Crippen LogP contribution in [0.3, 0.4) is 0 Å². The molecule has 0 amide bonds. The molecule has 0 aliphatic heterocycles. The lowest BCUT2D eigenvalue weighted by Gasteiger charge is -2.07. The maximum absolute atomic E-state index is 12.0. The normalized spacial score (nSPS) is 10.7. The van der Waals surface area contributed by atoms with Gasteiger partial charge in [-0.3, -0.25) is 4.79 Å². The number of H-pyrrole nitrogens is 1. The first kappa shape index (κ1) is 19.2. The number of rotatable bonds is 8. The fourth-order valence-corrected chi connectivity index (χ4v) is 3.77. The van der Waals surface area contributed by atoms with Crippen molar-refractivity contribution in [2.75, 3.05) is 12.4 Å². The second-order valence-corrected chi connectivity index (χ2v) is 7.66. The molecule has 0 aliphatic rings. The molecule has 0 spiro atoms. The summed E-state index contributed by atoms with van der Waals surface area (Å²) < 4.78 is 5.69. The zero-order chi connectivity index (χ0) is 19.1. The van der Waals surface area contributed by atoms with E-state index in [4.69, 9.17) is 4.74 Å². The molecule has 0 saturated heterocycles. The fourth-order valence-electron chi connectivity index (χ4n) is 2.96. The predicted molar refractivity (Wildman–Crippen MR) is 111 cm³/mol. The van der Waals surface area contributed by atoms with E-state index >= 15 is 0 Å². The van der Waals surface area contributed by atoms with Gasteiger partial charge < -0.3 is 9.72 Å². The molecule has 5 heteroatoms. The molecule has 140 valence electrons. The number of para-hydroxylation sites is 1. The number of aryl methyl sites for hydroxylation is 2. The van der Waals surface area contributed by atoms with Gasteiger partial charge >= 0.3 is 0 Å². The minimum absolute atomic E-state index is 0.104. The Morgan fingerprint density at radius 2 is 1.78 bits per heavy atom. The van der Waals surface area contributed by atoms with E-state index in [2.05, 4.69) is 42.0 Å². The Morgan fingerprint density at radius 1 is 1.04 bits per heavy atom. The number of nitrogens with one attached hydrogen (secondary N) is 1. The number of nitrogens with zero attached hydrogens (tertiary/aromatic N) is 1. The molecule has 2 aromatic carbocycles. The van der Waals surface area contributed by atoms with E-state index in [0.717, 1.165) is 23.6 Å². The van der Waals surface area contributed by atoms with Crippen molar-refractivity contribution >= 4 is 11.8 Å². The molecule has 4 nitrogen and oxygen atoms in total. The van der Waals surface area contributed by atoms with Crippen molar-refractivity contribution < 1.29 is 4.74 Å². The van der Waals surface area contributed by atoms with Gasteiger partial charge in [0.05, 0.1) is 12.3 Å². The molecule has 1 N–H and O–H groups in total. The molecule has 0 aliphatic carbocycles. The highest BCUT2D eigenvalue weighted by atomic mass is 32.2. The van der Waals surface area contributed by atoms with Crippen molar-refractivity contribution in [3.8, 4) is 5.75 Å². The molecule has 0 atom stereocenters. The van der Waals surface area contributed by atoms with Crippen LogP contribution in [0.15, 0.2) is 64.5 Å². The second-order valence-electron chi connectivity index (χ2n) is 6.58. The van der Waals surface area contributed by atoms with E-state index < -0.39 is 0 Å². The van der Waals surface area contributed by atoms with Crippen molar-refractivity contribution in [1.82, 2.24) is 9.97 Å². The summed E-state index contributed by atoms with van der Waals surface area (Å²) in [6.45, 7) is 4.81. The molecule has 1 heterocycles. The third kappa shape index (κ3) is 6.29. The topological polar surface area (TPSA) is 55.0 Å². The first-order valence-electron chi connectivity index (χ1n) is 9.06. The predicted octanol–water partition coefficient (Wildman–Crippen LogP) is 4.54. The van der Waals surface area contributed by atoms with Crippen molar-refractivity contribution in [3.05, 3.63) is 87.3 Å². The smallest absolute Gasteiger partial charge is 0.251 e. The maximum atomic E-state index is 12.0. The Morgan fingerprint density at radius 3 is 2.52 bits per heavy atom. The van der Waals surface area contributed by atoms with Crippen LogP contribution in [0.5, 0.6) is 5.75 Å². The summed E-state index contributed by atoms with van der Waals surface area (Å²) in [7, 11) is 0. The number of hydrogen-bond donors (Lipinski definition) is 1. The van der Waals surface area contributed by atoms with Gasteiger partial charge in [-0.2, -0.15) is 0 Å². The molecule has 1 aromatic heterocycles. The standard InChI is InChI=1S/C22H24N2O2S/c1-16-11-17(2)13-18(12-16)14-19-15-21(25)24-22(23-19)27-10-6-9-26-20-7-4-3-5-8-20/h3-5,7-8,11-13,15H,6,9-10,14H2,1-2H3,(H,23,24,25). The van der Waals surface area contributed by atoms with Crippen LogP contribution < -0.4 is 10.3 Å². The van der Waals surface area contributed by atoms with E-state index in [1.165, 1.54) is 16.7 Å². The lowest BCUT2D eigenvalue weighted by Crippen LogP contribution is -2.11. The quantitative estimate of drug-likeness (QED) is 0.354. The summed E-state index contributed by atoms with van der Waals surface area (Å²) in [6.07, 6.45) is 1.54. The third-order valence-electron chi connectivity index (χ3n) is 3.98. The van der Waals surface area contributed by atoms with E-state index in [1.54, 1.807) is 17.8 Å². The zero-order valence-electron chi connectivity index (χ0n) is 15.7. The fraction of sp³-hybridized carbons (Fsp3) is 0.273. The van der Waals surface area contributed by atoms with Gasteiger partial charge in [-0.15, -0.1) is 0 Å². The van der Waals surface area contributed by atoms with Crippen LogP contribution in [0.4, 0.5) is 0 Å². The van der Waals surface area contributed by atoms with E-state index in [9.17, 15) is 4.79 Å². The summed E-state index contributed by atoms with van der Waals surface area (Å²) in [5.74, 6) is 1.72. The number of benzene rings is 2. The highest BCUT2D eigenvalue weighted by molar-refractivity contribution is 7.99. The minimum Gasteiger partial charge on any atom is -0.494 e.